The number of primary sulfonamides is 1. The minimum Gasteiger partial charge on any atom is -0.495 e. The first-order chi connectivity index (χ1) is 9.49. The predicted octanol–water partition coefficient (Wildman–Crippen LogP) is 1.94. The number of rotatable bonds is 6. The van der Waals surface area contributed by atoms with Gasteiger partial charge >= 0.3 is 0 Å². The van der Waals surface area contributed by atoms with Gasteiger partial charge in [0, 0.05) is 6.04 Å². The third kappa shape index (κ3) is 2.91. The molecule has 0 bridgehead atoms. The average molecular weight is 296 g/mol. The van der Waals surface area contributed by atoms with Gasteiger partial charge in [0.2, 0.25) is 10.0 Å². The molecule has 0 spiro atoms. The molecule has 20 heavy (non-hydrogen) atoms. The first-order valence-electron chi connectivity index (χ1n) is 6.96. The maximum Gasteiger partial charge on any atom is 0.238 e. The van der Waals surface area contributed by atoms with Gasteiger partial charge in [-0.1, -0.05) is 0 Å². The molecule has 1 aromatic rings. The summed E-state index contributed by atoms with van der Waals surface area (Å²) in [6.45, 7) is 0. The topological polar surface area (TPSA) is 81.4 Å². The predicted molar refractivity (Wildman–Crippen MR) is 77.2 cm³/mol. The summed E-state index contributed by atoms with van der Waals surface area (Å²) in [7, 11) is -2.11. The van der Waals surface area contributed by atoms with Crippen LogP contribution in [0.5, 0.6) is 5.75 Å². The van der Waals surface area contributed by atoms with E-state index in [1.807, 2.05) is 0 Å². The lowest BCUT2D eigenvalue weighted by atomic mass is 10.1. The van der Waals surface area contributed by atoms with Gasteiger partial charge in [-0.2, -0.15) is 0 Å². The van der Waals surface area contributed by atoms with Crippen LogP contribution in [-0.2, 0) is 10.0 Å². The van der Waals surface area contributed by atoms with E-state index in [1.165, 1.54) is 31.7 Å². The van der Waals surface area contributed by atoms with Crippen LogP contribution in [0.4, 0.5) is 5.69 Å². The van der Waals surface area contributed by atoms with Crippen LogP contribution in [0.1, 0.15) is 25.7 Å². The number of sulfonamides is 1. The van der Waals surface area contributed by atoms with Crippen LogP contribution in [0.25, 0.3) is 0 Å². The lowest BCUT2D eigenvalue weighted by Crippen LogP contribution is -2.24. The van der Waals surface area contributed by atoms with Gasteiger partial charge in [-0.15, -0.1) is 0 Å². The number of anilines is 1. The first kappa shape index (κ1) is 13.7. The zero-order chi connectivity index (χ0) is 14.3. The summed E-state index contributed by atoms with van der Waals surface area (Å²) in [6, 6.07) is 5.13. The third-order valence-corrected chi connectivity index (χ3v) is 4.99. The van der Waals surface area contributed by atoms with Crippen LogP contribution >= 0.6 is 0 Å². The molecular weight excluding hydrogens is 276 g/mol. The van der Waals surface area contributed by atoms with Crippen LogP contribution in [0.2, 0.25) is 0 Å². The molecule has 6 heteroatoms. The van der Waals surface area contributed by atoms with Gasteiger partial charge < -0.3 is 10.1 Å². The standard InChI is InChI=1S/C14H20N2O3S/c1-19-13-7-6-11(20(15,17)18)8-12(13)16-14(9-2-3-9)10-4-5-10/h6-10,14,16H,2-5H2,1H3,(H2,15,17,18). The quantitative estimate of drug-likeness (QED) is 0.840. The monoisotopic (exact) mass is 296 g/mol. The Balaban J connectivity index is 1.89. The van der Waals surface area contributed by atoms with Crippen LogP contribution in [0.3, 0.4) is 0 Å². The Morgan fingerprint density at radius 2 is 1.85 bits per heavy atom. The summed E-state index contributed by atoms with van der Waals surface area (Å²) in [5, 5.41) is 8.69. The summed E-state index contributed by atoms with van der Waals surface area (Å²) in [5.74, 6) is 2.08. The van der Waals surface area contributed by atoms with Gasteiger partial charge in [-0.25, -0.2) is 13.6 Å². The van der Waals surface area contributed by atoms with Gasteiger partial charge in [0.1, 0.15) is 5.75 Å². The largest absolute Gasteiger partial charge is 0.495 e. The molecule has 2 saturated carbocycles. The molecule has 110 valence electrons. The van der Waals surface area contributed by atoms with E-state index in [0.717, 1.165) is 5.69 Å². The van der Waals surface area contributed by atoms with Crippen molar-refractivity contribution >= 4 is 15.7 Å². The smallest absolute Gasteiger partial charge is 0.238 e. The number of hydrogen-bond acceptors (Lipinski definition) is 4. The summed E-state index contributed by atoms with van der Waals surface area (Å²) >= 11 is 0. The molecule has 0 radical (unpaired) electrons. The van der Waals surface area contributed by atoms with Crippen LogP contribution < -0.4 is 15.2 Å². The van der Waals surface area contributed by atoms with E-state index < -0.39 is 10.0 Å². The highest BCUT2D eigenvalue weighted by Gasteiger charge is 2.41. The molecule has 0 saturated heterocycles. The van der Waals surface area contributed by atoms with E-state index in [9.17, 15) is 8.42 Å². The second-order valence-electron chi connectivity index (χ2n) is 5.75. The lowest BCUT2D eigenvalue weighted by molar-refractivity contribution is 0.414. The minimum absolute atomic E-state index is 0.117. The van der Waals surface area contributed by atoms with E-state index in [-0.39, 0.29) is 4.90 Å². The molecule has 1 aromatic carbocycles. The molecule has 0 aromatic heterocycles. The molecule has 5 nitrogen and oxygen atoms in total. The minimum atomic E-state index is -3.69. The highest BCUT2D eigenvalue weighted by Crippen LogP contribution is 2.46. The molecule has 2 fully saturated rings. The SMILES string of the molecule is COc1ccc(S(N)(=O)=O)cc1NC(C1CC1)C1CC1. The summed E-state index contributed by atoms with van der Waals surface area (Å²) in [6.07, 6.45) is 5.02. The fourth-order valence-electron chi connectivity index (χ4n) is 2.69. The zero-order valence-corrected chi connectivity index (χ0v) is 12.3. The highest BCUT2D eigenvalue weighted by molar-refractivity contribution is 7.89. The van der Waals surface area contributed by atoms with Gasteiger partial charge in [-0.05, 0) is 55.7 Å². The van der Waals surface area contributed by atoms with Crippen LogP contribution in [0.15, 0.2) is 23.1 Å². The number of nitrogens with one attached hydrogen (secondary N) is 1. The Hall–Kier alpha value is -1.27. The summed E-state index contributed by atoms with van der Waals surface area (Å²) in [4.78, 5) is 0.117. The maximum atomic E-state index is 11.5. The second-order valence-corrected chi connectivity index (χ2v) is 7.31. The first-order valence-corrected chi connectivity index (χ1v) is 8.51. The molecular formula is C14H20N2O3S. The van der Waals surface area contributed by atoms with Crippen molar-refractivity contribution in [3.8, 4) is 5.75 Å². The number of benzene rings is 1. The molecule has 2 aliphatic carbocycles. The second kappa shape index (κ2) is 4.93. The van der Waals surface area contributed by atoms with Crippen molar-refractivity contribution in [2.24, 2.45) is 17.0 Å². The van der Waals surface area contributed by atoms with E-state index in [0.29, 0.717) is 23.6 Å². The van der Waals surface area contributed by atoms with Crippen LogP contribution in [0, 0.1) is 11.8 Å². The maximum absolute atomic E-state index is 11.5. The Kier molecular flexibility index (Phi) is 3.38. The molecule has 0 amide bonds. The van der Waals surface area contributed by atoms with Gasteiger partial charge in [0.05, 0.1) is 17.7 Å². The Morgan fingerprint density at radius 3 is 2.30 bits per heavy atom. The Bertz CT molecular complexity index is 595. The molecule has 3 N–H and O–H groups in total. The van der Waals surface area contributed by atoms with Crippen molar-refractivity contribution < 1.29 is 13.2 Å². The van der Waals surface area contributed by atoms with Crippen molar-refractivity contribution in [2.75, 3.05) is 12.4 Å². The van der Waals surface area contributed by atoms with Crippen molar-refractivity contribution in [3.63, 3.8) is 0 Å². The molecule has 0 unspecified atom stereocenters. The Morgan fingerprint density at radius 1 is 1.25 bits per heavy atom. The van der Waals surface area contributed by atoms with E-state index >= 15 is 0 Å². The molecule has 3 rings (SSSR count). The van der Waals surface area contributed by atoms with E-state index in [1.54, 1.807) is 19.2 Å². The number of hydrogen-bond donors (Lipinski definition) is 2. The van der Waals surface area contributed by atoms with Gasteiger partial charge in [-0.3, -0.25) is 0 Å². The van der Waals surface area contributed by atoms with Gasteiger partial charge in [0.15, 0.2) is 0 Å². The summed E-state index contributed by atoms with van der Waals surface area (Å²) < 4.78 is 28.3. The molecule has 0 heterocycles. The zero-order valence-electron chi connectivity index (χ0n) is 11.5. The molecule has 0 atom stereocenters. The highest BCUT2D eigenvalue weighted by atomic mass is 32.2. The van der Waals surface area contributed by atoms with Crippen molar-refractivity contribution in [3.05, 3.63) is 18.2 Å². The van der Waals surface area contributed by atoms with Crippen molar-refractivity contribution in [1.29, 1.82) is 0 Å². The third-order valence-electron chi connectivity index (χ3n) is 4.08. The number of ether oxygens (including phenoxy) is 1. The Labute approximate surface area is 119 Å². The van der Waals surface area contributed by atoms with Crippen molar-refractivity contribution in [1.82, 2.24) is 0 Å². The van der Waals surface area contributed by atoms with Gasteiger partial charge in [0.25, 0.3) is 0 Å². The van der Waals surface area contributed by atoms with Crippen molar-refractivity contribution in [2.45, 2.75) is 36.6 Å². The van der Waals surface area contributed by atoms with Crippen LogP contribution in [-0.4, -0.2) is 21.6 Å². The van der Waals surface area contributed by atoms with E-state index in [4.69, 9.17) is 9.88 Å². The van der Waals surface area contributed by atoms with E-state index in [2.05, 4.69) is 5.32 Å². The molecule has 0 aliphatic heterocycles. The normalized spacial score (nSPS) is 19.1. The number of nitrogens with two attached hydrogens (primary N) is 1. The lowest BCUT2D eigenvalue weighted by Gasteiger charge is -2.21. The fourth-order valence-corrected chi connectivity index (χ4v) is 3.23. The summed E-state index contributed by atoms with van der Waals surface area (Å²) in [5.41, 5.74) is 0.725. The average Bonchev–Trinajstić information content (AvgIpc) is 3.27. The fraction of sp³-hybridized carbons (Fsp3) is 0.571. The molecule has 2 aliphatic rings. The number of methoxy groups -OCH3 is 1.